The second kappa shape index (κ2) is 6.33. The third-order valence-electron chi connectivity index (χ3n) is 3.78. The molecule has 1 aromatic heterocycles. The number of nitrogens with zero attached hydrogens (tertiary/aromatic N) is 1. The molecule has 1 aliphatic rings. The van der Waals surface area contributed by atoms with E-state index >= 15 is 0 Å². The first-order chi connectivity index (χ1) is 9.08. The van der Waals surface area contributed by atoms with Gasteiger partial charge in [-0.3, -0.25) is 4.98 Å². The number of nitrogens with one attached hydrogen (secondary N) is 1. The normalized spacial score (nSPS) is 19.2. The van der Waals surface area contributed by atoms with Crippen molar-refractivity contribution < 1.29 is 8.42 Å². The first-order valence-electron chi connectivity index (χ1n) is 6.54. The van der Waals surface area contributed by atoms with Crippen molar-refractivity contribution in [3.63, 3.8) is 0 Å². The molecule has 19 heavy (non-hydrogen) atoms. The SMILES string of the molecule is O=S(=O)(NCC1(CBr)CCCCC1)c1cccnc1. The molecule has 0 amide bonds. The third kappa shape index (κ3) is 3.77. The van der Waals surface area contributed by atoms with Gasteiger partial charge in [0.25, 0.3) is 0 Å². The summed E-state index contributed by atoms with van der Waals surface area (Å²) < 4.78 is 27.1. The fourth-order valence-corrected chi connectivity index (χ4v) is 4.38. The van der Waals surface area contributed by atoms with Crippen LogP contribution in [0.2, 0.25) is 0 Å². The minimum Gasteiger partial charge on any atom is -0.263 e. The van der Waals surface area contributed by atoms with Crippen LogP contribution in [0.3, 0.4) is 0 Å². The molecular formula is C13H19BrN2O2S. The molecule has 2 rings (SSSR count). The number of hydrogen-bond acceptors (Lipinski definition) is 3. The van der Waals surface area contributed by atoms with Gasteiger partial charge in [0.1, 0.15) is 4.90 Å². The summed E-state index contributed by atoms with van der Waals surface area (Å²) in [6.07, 6.45) is 8.72. The molecule has 6 heteroatoms. The Morgan fingerprint density at radius 1 is 1.32 bits per heavy atom. The summed E-state index contributed by atoms with van der Waals surface area (Å²) in [7, 11) is -3.44. The van der Waals surface area contributed by atoms with Crippen molar-refractivity contribution >= 4 is 26.0 Å². The molecule has 0 saturated heterocycles. The molecule has 4 nitrogen and oxygen atoms in total. The van der Waals surface area contributed by atoms with Crippen molar-refractivity contribution in [2.75, 3.05) is 11.9 Å². The summed E-state index contributed by atoms with van der Waals surface area (Å²) in [5.41, 5.74) is 0.0630. The van der Waals surface area contributed by atoms with Crippen LogP contribution in [-0.4, -0.2) is 25.3 Å². The number of sulfonamides is 1. The molecule has 0 radical (unpaired) electrons. The van der Waals surface area contributed by atoms with Crippen LogP contribution in [-0.2, 0) is 10.0 Å². The van der Waals surface area contributed by atoms with E-state index in [4.69, 9.17) is 0 Å². The summed E-state index contributed by atoms with van der Waals surface area (Å²) in [5, 5.41) is 0.843. The monoisotopic (exact) mass is 346 g/mol. The molecule has 1 saturated carbocycles. The number of hydrogen-bond donors (Lipinski definition) is 1. The number of pyridine rings is 1. The van der Waals surface area contributed by atoms with Crippen molar-refractivity contribution in [3.8, 4) is 0 Å². The summed E-state index contributed by atoms with van der Waals surface area (Å²) in [4.78, 5) is 4.09. The summed E-state index contributed by atoms with van der Waals surface area (Å²) >= 11 is 3.54. The zero-order valence-corrected chi connectivity index (χ0v) is 13.2. The Labute approximate surface area is 123 Å². The molecule has 0 unspecified atom stereocenters. The van der Waals surface area contributed by atoms with Gasteiger partial charge in [-0.2, -0.15) is 0 Å². The van der Waals surface area contributed by atoms with Crippen molar-refractivity contribution in [2.24, 2.45) is 5.41 Å². The van der Waals surface area contributed by atoms with E-state index in [0.29, 0.717) is 6.54 Å². The Morgan fingerprint density at radius 3 is 2.63 bits per heavy atom. The molecule has 1 heterocycles. The van der Waals surface area contributed by atoms with Crippen LogP contribution < -0.4 is 4.72 Å². The van der Waals surface area contributed by atoms with Gasteiger partial charge in [-0.05, 0) is 30.4 Å². The zero-order chi connectivity index (χ0) is 13.8. The predicted molar refractivity (Wildman–Crippen MR) is 78.7 cm³/mol. The Hall–Kier alpha value is -0.460. The van der Waals surface area contributed by atoms with Crippen LogP contribution in [0.25, 0.3) is 0 Å². The Balaban J connectivity index is 2.05. The molecule has 0 spiro atoms. The molecule has 0 aliphatic heterocycles. The molecule has 1 aliphatic carbocycles. The van der Waals surface area contributed by atoms with Gasteiger partial charge in [0.2, 0.25) is 10.0 Å². The summed E-state index contributed by atoms with van der Waals surface area (Å²) in [6, 6.07) is 3.20. The molecule has 0 atom stereocenters. The van der Waals surface area contributed by atoms with Gasteiger partial charge in [0.15, 0.2) is 0 Å². The van der Waals surface area contributed by atoms with Crippen LogP contribution in [0.15, 0.2) is 29.4 Å². The molecule has 1 fully saturated rings. The number of alkyl halides is 1. The molecule has 1 N–H and O–H groups in total. The zero-order valence-electron chi connectivity index (χ0n) is 10.8. The minimum atomic E-state index is -3.44. The highest BCUT2D eigenvalue weighted by atomic mass is 79.9. The minimum absolute atomic E-state index is 0.0630. The quantitative estimate of drug-likeness (QED) is 0.833. The van der Waals surface area contributed by atoms with Crippen LogP contribution in [0.1, 0.15) is 32.1 Å². The van der Waals surface area contributed by atoms with E-state index in [1.807, 2.05) is 0 Å². The van der Waals surface area contributed by atoms with Gasteiger partial charge in [-0.1, -0.05) is 35.2 Å². The first kappa shape index (κ1) is 14.9. The average molecular weight is 347 g/mol. The predicted octanol–water partition coefficient (Wildman–Crippen LogP) is 2.71. The Kier molecular flexibility index (Phi) is 4.97. The molecule has 0 bridgehead atoms. The Bertz CT molecular complexity index is 499. The fraction of sp³-hybridized carbons (Fsp3) is 0.615. The lowest BCUT2D eigenvalue weighted by molar-refractivity contribution is 0.227. The molecule has 1 aromatic rings. The highest BCUT2D eigenvalue weighted by Crippen LogP contribution is 2.37. The fourth-order valence-electron chi connectivity index (χ4n) is 2.50. The van der Waals surface area contributed by atoms with E-state index in [9.17, 15) is 8.42 Å². The van der Waals surface area contributed by atoms with E-state index in [-0.39, 0.29) is 10.3 Å². The van der Waals surface area contributed by atoms with E-state index in [2.05, 4.69) is 25.6 Å². The third-order valence-corrected chi connectivity index (χ3v) is 6.36. The number of halogens is 1. The van der Waals surface area contributed by atoms with Crippen LogP contribution in [0.5, 0.6) is 0 Å². The summed E-state index contributed by atoms with van der Waals surface area (Å²) in [6.45, 7) is 0.496. The highest BCUT2D eigenvalue weighted by molar-refractivity contribution is 9.09. The van der Waals surface area contributed by atoms with Crippen LogP contribution in [0, 0.1) is 5.41 Å². The summed E-state index contributed by atoms with van der Waals surface area (Å²) in [5.74, 6) is 0. The standard InChI is InChI=1S/C13H19BrN2O2S/c14-10-13(6-2-1-3-7-13)11-16-19(17,18)12-5-4-8-15-9-12/h4-5,8-9,16H,1-3,6-7,10-11H2. The van der Waals surface area contributed by atoms with Crippen molar-refractivity contribution in [1.82, 2.24) is 9.71 Å². The first-order valence-corrected chi connectivity index (χ1v) is 9.14. The smallest absolute Gasteiger partial charge is 0.242 e. The lowest BCUT2D eigenvalue weighted by Crippen LogP contribution is -2.40. The maximum atomic E-state index is 12.2. The van der Waals surface area contributed by atoms with E-state index < -0.39 is 10.0 Å². The van der Waals surface area contributed by atoms with Gasteiger partial charge >= 0.3 is 0 Å². The maximum Gasteiger partial charge on any atom is 0.242 e. The maximum absolute atomic E-state index is 12.2. The van der Waals surface area contributed by atoms with Gasteiger partial charge in [0, 0.05) is 24.3 Å². The highest BCUT2D eigenvalue weighted by Gasteiger charge is 2.32. The van der Waals surface area contributed by atoms with Crippen molar-refractivity contribution in [1.29, 1.82) is 0 Å². The van der Waals surface area contributed by atoms with Crippen LogP contribution >= 0.6 is 15.9 Å². The largest absolute Gasteiger partial charge is 0.263 e. The second-order valence-electron chi connectivity index (χ2n) is 5.21. The van der Waals surface area contributed by atoms with Gasteiger partial charge in [0.05, 0.1) is 0 Å². The molecule has 0 aromatic carbocycles. The average Bonchev–Trinajstić information content (AvgIpc) is 2.47. The lowest BCUT2D eigenvalue weighted by Gasteiger charge is -2.35. The number of rotatable bonds is 5. The van der Waals surface area contributed by atoms with Gasteiger partial charge in [-0.25, -0.2) is 13.1 Å². The van der Waals surface area contributed by atoms with Gasteiger partial charge < -0.3 is 0 Å². The van der Waals surface area contributed by atoms with E-state index in [1.165, 1.54) is 25.5 Å². The van der Waals surface area contributed by atoms with E-state index in [0.717, 1.165) is 18.2 Å². The molecular weight excluding hydrogens is 328 g/mol. The lowest BCUT2D eigenvalue weighted by atomic mass is 9.76. The van der Waals surface area contributed by atoms with Gasteiger partial charge in [-0.15, -0.1) is 0 Å². The van der Waals surface area contributed by atoms with E-state index in [1.54, 1.807) is 18.3 Å². The van der Waals surface area contributed by atoms with Crippen molar-refractivity contribution in [2.45, 2.75) is 37.0 Å². The number of aromatic nitrogens is 1. The molecule has 106 valence electrons. The van der Waals surface area contributed by atoms with Crippen LogP contribution in [0.4, 0.5) is 0 Å². The van der Waals surface area contributed by atoms with Crippen molar-refractivity contribution in [3.05, 3.63) is 24.5 Å². The second-order valence-corrected chi connectivity index (χ2v) is 7.54. The topological polar surface area (TPSA) is 59.1 Å². The Morgan fingerprint density at radius 2 is 2.05 bits per heavy atom.